The fraction of sp³-hybridized carbons (Fsp3) is 0.250. The number of phenolic OH excluding ortho intramolecular Hbond substituents is 1. The number of hydrogen-bond donors (Lipinski definition) is 5. The Kier molecular flexibility index (Phi) is 7.83. The van der Waals surface area contributed by atoms with E-state index < -0.39 is 6.09 Å². The summed E-state index contributed by atoms with van der Waals surface area (Å²) >= 11 is 0. The molecule has 0 aliphatic rings. The number of para-hydroxylation sites is 2. The molecule has 0 aromatic heterocycles. The van der Waals surface area contributed by atoms with Crippen LogP contribution in [0.3, 0.4) is 0 Å². The van der Waals surface area contributed by atoms with Crippen molar-refractivity contribution >= 4 is 35.0 Å². The highest BCUT2D eigenvalue weighted by Crippen LogP contribution is 2.21. The lowest BCUT2D eigenvalue weighted by Crippen LogP contribution is -2.15. The summed E-state index contributed by atoms with van der Waals surface area (Å²) in [5.74, 6) is -0.281. The Hall–Kier alpha value is -3.55. The summed E-state index contributed by atoms with van der Waals surface area (Å²) in [6.45, 7) is 0. The van der Waals surface area contributed by atoms with Crippen LogP contribution < -0.4 is 16.0 Å². The van der Waals surface area contributed by atoms with Crippen molar-refractivity contribution in [1.29, 1.82) is 0 Å². The second-order valence-corrected chi connectivity index (χ2v) is 6.18. The monoisotopic (exact) mass is 385 g/mol. The van der Waals surface area contributed by atoms with Crippen molar-refractivity contribution in [3.63, 3.8) is 0 Å². The Morgan fingerprint density at radius 1 is 0.750 bits per heavy atom. The molecule has 0 radical (unpaired) electrons. The number of benzene rings is 2. The van der Waals surface area contributed by atoms with Crippen molar-refractivity contribution < 1.29 is 24.6 Å². The molecule has 8 heteroatoms. The van der Waals surface area contributed by atoms with Gasteiger partial charge in [-0.3, -0.25) is 14.9 Å². The molecule has 148 valence electrons. The Balaban J connectivity index is 1.66. The highest BCUT2D eigenvalue weighted by molar-refractivity contribution is 5.97. The number of aromatic hydroxyl groups is 1. The molecular weight excluding hydrogens is 362 g/mol. The number of nitrogens with one attached hydrogen (secondary N) is 3. The number of carbonyl (C=O) groups is 3. The van der Waals surface area contributed by atoms with Gasteiger partial charge < -0.3 is 20.8 Å². The average Bonchev–Trinajstić information content (AvgIpc) is 2.62. The van der Waals surface area contributed by atoms with Crippen LogP contribution in [0.15, 0.2) is 48.5 Å². The van der Waals surface area contributed by atoms with Gasteiger partial charge in [0.25, 0.3) is 0 Å². The smallest absolute Gasteiger partial charge is 0.409 e. The van der Waals surface area contributed by atoms with Gasteiger partial charge in [-0.2, -0.15) is 0 Å². The summed E-state index contributed by atoms with van der Waals surface area (Å²) in [6, 6.07) is 12.9. The molecule has 0 aliphatic carbocycles. The fourth-order valence-corrected chi connectivity index (χ4v) is 2.58. The molecule has 5 N–H and O–H groups in total. The lowest BCUT2D eigenvalue weighted by atomic mass is 10.1. The van der Waals surface area contributed by atoms with E-state index in [1.54, 1.807) is 36.4 Å². The van der Waals surface area contributed by atoms with Crippen LogP contribution in [-0.2, 0) is 9.59 Å². The van der Waals surface area contributed by atoms with Crippen LogP contribution in [0.2, 0.25) is 0 Å². The molecule has 2 rings (SSSR count). The van der Waals surface area contributed by atoms with Gasteiger partial charge in [-0.25, -0.2) is 4.79 Å². The number of hydrogen-bond acceptors (Lipinski definition) is 4. The van der Waals surface area contributed by atoms with Gasteiger partial charge >= 0.3 is 6.09 Å². The average molecular weight is 385 g/mol. The minimum atomic E-state index is -1.20. The van der Waals surface area contributed by atoms with E-state index in [2.05, 4.69) is 16.0 Å². The molecule has 28 heavy (non-hydrogen) atoms. The van der Waals surface area contributed by atoms with Gasteiger partial charge in [0.05, 0.1) is 11.4 Å². The third kappa shape index (κ3) is 7.36. The molecule has 0 atom stereocenters. The fourth-order valence-electron chi connectivity index (χ4n) is 2.58. The second-order valence-electron chi connectivity index (χ2n) is 6.18. The van der Waals surface area contributed by atoms with Crippen molar-refractivity contribution in [2.45, 2.75) is 32.1 Å². The standard InChI is InChI=1S/C20H23N3O5/c24-15-8-6-7-14(13-15)21-18(25)11-2-1-3-12-19(26)22-16-9-4-5-10-17(16)23-20(27)28/h4-10,13,23-24H,1-3,11-12H2,(H,21,25)(H,22,26)(H,27,28). The predicted octanol–water partition coefficient (Wildman–Crippen LogP) is 4.01. The van der Waals surface area contributed by atoms with Crippen LogP contribution in [0.4, 0.5) is 21.9 Å². The summed E-state index contributed by atoms with van der Waals surface area (Å²) in [7, 11) is 0. The first-order chi connectivity index (χ1) is 13.4. The third-order valence-corrected chi connectivity index (χ3v) is 3.88. The number of unbranched alkanes of at least 4 members (excludes halogenated alkanes) is 2. The van der Waals surface area contributed by atoms with Crippen molar-refractivity contribution in [1.82, 2.24) is 0 Å². The quantitative estimate of drug-likeness (QED) is 0.417. The van der Waals surface area contributed by atoms with Crippen molar-refractivity contribution in [2.75, 3.05) is 16.0 Å². The van der Waals surface area contributed by atoms with E-state index >= 15 is 0 Å². The summed E-state index contributed by atoms with van der Waals surface area (Å²) in [6.07, 6.45) is 1.34. The van der Waals surface area contributed by atoms with Gasteiger partial charge in [0, 0.05) is 24.6 Å². The van der Waals surface area contributed by atoms with E-state index in [4.69, 9.17) is 5.11 Å². The van der Waals surface area contributed by atoms with Crippen LogP contribution in [0.1, 0.15) is 32.1 Å². The molecule has 0 heterocycles. The Bertz CT molecular complexity index is 838. The van der Waals surface area contributed by atoms with Crippen LogP contribution in [0.5, 0.6) is 5.75 Å². The van der Waals surface area contributed by atoms with Gasteiger partial charge in [-0.15, -0.1) is 0 Å². The van der Waals surface area contributed by atoms with E-state index in [1.165, 1.54) is 12.1 Å². The first-order valence-electron chi connectivity index (χ1n) is 8.92. The largest absolute Gasteiger partial charge is 0.508 e. The van der Waals surface area contributed by atoms with Gasteiger partial charge in [0.1, 0.15) is 5.75 Å². The zero-order valence-corrected chi connectivity index (χ0v) is 15.3. The Labute approximate surface area is 162 Å². The number of rotatable bonds is 9. The van der Waals surface area contributed by atoms with Crippen molar-refractivity contribution in [3.8, 4) is 5.75 Å². The number of phenols is 1. The van der Waals surface area contributed by atoms with Crippen molar-refractivity contribution in [2.24, 2.45) is 0 Å². The number of carbonyl (C=O) groups excluding carboxylic acids is 2. The van der Waals surface area contributed by atoms with Crippen molar-refractivity contribution in [3.05, 3.63) is 48.5 Å². The summed E-state index contributed by atoms with van der Waals surface area (Å²) in [5.41, 5.74) is 1.25. The molecule has 0 saturated heterocycles. The number of amides is 3. The minimum Gasteiger partial charge on any atom is -0.508 e. The van der Waals surface area contributed by atoms with E-state index in [9.17, 15) is 19.5 Å². The topological polar surface area (TPSA) is 128 Å². The Morgan fingerprint density at radius 2 is 1.36 bits per heavy atom. The van der Waals surface area contributed by atoms with Gasteiger partial charge in [0.2, 0.25) is 11.8 Å². The molecule has 0 saturated carbocycles. The SMILES string of the molecule is O=C(O)Nc1ccccc1NC(=O)CCCCCC(=O)Nc1cccc(O)c1. The van der Waals surface area contributed by atoms with Crippen LogP contribution in [-0.4, -0.2) is 28.1 Å². The maximum atomic E-state index is 12.0. The minimum absolute atomic E-state index is 0.0870. The molecule has 2 aromatic carbocycles. The van der Waals surface area contributed by atoms with Crippen LogP contribution >= 0.6 is 0 Å². The highest BCUT2D eigenvalue weighted by atomic mass is 16.4. The first kappa shape index (κ1) is 20.8. The summed E-state index contributed by atoms with van der Waals surface area (Å²) in [5, 5.41) is 25.8. The zero-order chi connectivity index (χ0) is 20.4. The zero-order valence-electron chi connectivity index (χ0n) is 15.3. The summed E-state index contributed by atoms with van der Waals surface area (Å²) in [4.78, 5) is 34.7. The lowest BCUT2D eigenvalue weighted by Gasteiger charge is -2.10. The van der Waals surface area contributed by atoms with E-state index in [0.717, 1.165) is 0 Å². The highest BCUT2D eigenvalue weighted by Gasteiger charge is 2.09. The predicted molar refractivity (Wildman–Crippen MR) is 107 cm³/mol. The molecule has 0 unspecified atom stereocenters. The van der Waals surface area contributed by atoms with Crippen LogP contribution in [0.25, 0.3) is 0 Å². The van der Waals surface area contributed by atoms with Gasteiger partial charge in [-0.05, 0) is 37.1 Å². The van der Waals surface area contributed by atoms with Gasteiger partial charge in [-0.1, -0.05) is 24.6 Å². The Morgan fingerprint density at radius 3 is 1.96 bits per heavy atom. The number of carboxylic acid groups (broad SMARTS) is 1. The molecule has 2 aromatic rings. The van der Waals surface area contributed by atoms with E-state index in [-0.39, 0.29) is 24.0 Å². The maximum absolute atomic E-state index is 12.0. The van der Waals surface area contributed by atoms with E-state index in [1.807, 2.05) is 0 Å². The second kappa shape index (κ2) is 10.6. The molecule has 3 amide bonds. The number of anilines is 3. The van der Waals surface area contributed by atoms with Gasteiger partial charge in [0.15, 0.2) is 0 Å². The maximum Gasteiger partial charge on any atom is 0.409 e. The summed E-state index contributed by atoms with van der Waals surface area (Å²) < 4.78 is 0. The molecule has 8 nitrogen and oxygen atoms in total. The lowest BCUT2D eigenvalue weighted by molar-refractivity contribution is -0.116. The molecule has 0 spiro atoms. The third-order valence-electron chi connectivity index (χ3n) is 3.88. The van der Waals surface area contributed by atoms with E-state index in [0.29, 0.717) is 42.7 Å². The molecule has 0 bridgehead atoms. The van der Waals surface area contributed by atoms with Crippen LogP contribution in [0, 0.1) is 0 Å². The first-order valence-corrected chi connectivity index (χ1v) is 8.92. The molecule has 0 aliphatic heterocycles. The normalized spacial score (nSPS) is 10.1. The molecular formula is C20H23N3O5. The molecule has 0 fully saturated rings.